The van der Waals surface area contributed by atoms with Gasteiger partial charge in [0.1, 0.15) is 0 Å². The Hall–Kier alpha value is -1.63. The summed E-state index contributed by atoms with van der Waals surface area (Å²) < 4.78 is 5.17. The van der Waals surface area contributed by atoms with E-state index in [1.807, 2.05) is 0 Å². The van der Waals surface area contributed by atoms with Crippen molar-refractivity contribution in [2.45, 2.75) is 25.3 Å². The highest BCUT2D eigenvalue weighted by Crippen LogP contribution is 2.31. The molecule has 0 radical (unpaired) electrons. The molecular formula is C14H24N6O. The second-order valence-corrected chi connectivity index (χ2v) is 5.88. The summed E-state index contributed by atoms with van der Waals surface area (Å²) in [7, 11) is 5.64. The molecule has 21 heavy (non-hydrogen) atoms. The van der Waals surface area contributed by atoms with Crippen LogP contribution in [0.4, 0.5) is 11.9 Å². The molecule has 1 aromatic heterocycles. The zero-order chi connectivity index (χ0) is 14.8. The summed E-state index contributed by atoms with van der Waals surface area (Å²) >= 11 is 0. The zero-order valence-corrected chi connectivity index (χ0v) is 13.0. The molecule has 2 aliphatic rings. The zero-order valence-electron chi connectivity index (χ0n) is 13.0. The first-order valence-electron chi connectivity index (χ1n) is 7.64. The molecule has 2 unspecified atom stereocenters. The van der Waals surface area contributed by atoms with Gasteiger partial charge in [0, 0.05) is 26.2 Å². The van der Waals surface area contributed by atoms with Gasteiger partial charge in [-0.05, 0) is 38.8 Å². The van der Waals surface area contributed by atoms with Crippen molar-refractivity contribution < 1.29 is 4.74 Å². The molecule has 2 saturated heterocycles. The highest BCUT2D eigenvalue weighted by molar-refractivity contribution is 5.38. The van der Waals surface area contributed by atoms with Crippen LogP contribution in [0.25, 0.3) is 0 Å². The van der Waals surface area contributed by atoms with E-state index in [1.54, 1.807) is 14.2 Å². The molecule has 2 atom stereocenters. The fourth-order valence-corrected chi connectivity index (χ4v) is 3.52. The van der Waals surface area contributed by atoms with Crippen LogP contribution in [0.5, 0.6) is 6.01 Å². The number of hydrogen-bond acceptors (Lipinski definition) is 7. The molecule has 7 nitrogen and oxygen atoms in total. The molecule has 3 heterocycles. The average molecular weight is 292 g/mol. The quantitative estimate of drug-likeness (QED) is 0.885. The first-order chi connectivity index (χ1) is 10.2. The van der Waals surface area contributed by atoms with Gasteiger partial charge in [0.2, 0.25) is 11.9 Å². The van der Waals surface area contributed by atoms with E-state index in [9.17, 15) is 0 Å². The number of piperidine rings is 2. The normalized spacial score (nSPS) is 26.3. The summed E-state index contributed by atoms with van der Waals surface area (Å²) in [6, 6.07) is 1.08. The third-order valence-corrected chi connectivity index (χ3v) is 4.64. The van der Waals surface area contributed by atoms with Crippen molar-refractivity contribution in [1.29, 1.82) is 0 Å². The van der Waals surface area contributed by atoms with Gasteiger partial charge >= 0.3 is 6.01 Å². The second kappa shape index (κ2) is 6.01. The van der Waals surface area contributed by atoms with E-state index >= 15 is 0 Å². The Morgan fingerprint density at radius 1 is 1.19 bits per heavy atom. The van der Waals surface area contributed by atoms with Crippen LogP contribution in [-0.2, 0) is 0 Å². The van der Waals surface area contributed by atoms with E-state index in [0.29, 0.717) is 23.9 Å². The van der Waals surface area contributed by atoms with Gasteiger partial charge in [0.05, 0.1) is 7.11 Å². The minimum absolute atomic E-state index is 0.368. The van der Waals surface area contributed by atoms with Crippen molar-refractivity contribution in [2.75, 3.05) is 51.1 Å². The predicted molar refractivity (Wildman–Crippen MR) is 81.9 cm³/mol. The molecule has 0 bridgehead atoms. The Balaban J connectivity index is 1.78. The summed E-state index contributed by atoms with van der Waals surface area (Å²) in [5.41, 5.74) is 0. The maximum atomic E-state index is 5.17. The van der Waals surface area contributed by atoms with E-state index in [1.165, 1.54) is 25.8 Å². The van der Waals surface area contributed by atoms with Gasteiger partial charge in [0.15, 0.2) is 0 Å². The molecule has 0 spiro atoms. The van der Waals surface area contributed by atoms with E-state index in [-0.39, 0.29) is 0 Å². The van der Waals surface area contributed by atoms with Crippen LogP contribution in [0.3, 0.4) is 0 Å². The molecular weight excluding hydrogens is 268 g/mol. The van der Waals surface area contributed by atoms with E-state index < -0.39 is 0 Å². The third kappa shape index (κ3) is 2.88. The van der Waals surface area contributed by atoms with Crippen molar-refractivity contribution in [2.24, 2.45) is 5.92 Å². The van der Waals surface area contributed by atoms with Gasteiger partial charge in [-0.15, -0.1) is 0 Å². The van der Waals surface area contributed by atoms with E-state index in [0.717, 1.165) is 19.0 Å². The summed E-state index contributed by atoms with van der Waals surface area (Å²) in [6.07, 6.45) is 3.75. The van der Waals surface area contributed by atoms with Gasteiger partial charge in [-0.1, -0.05) is 0 Å². The van der Waals surface area contributed by atoms with Crippen LogP contribution < -0.4 is 15.0 Å². The number of nitrogens with one attached hydrogen (secondary N) is 1. The van der Waals surface area contributed by atoms with Gasteiger partial charge in [-0.25, -0.2) is 0 Å². The smallest absolute Gasteiger partial charge is 0.322 e. The summed E-state index contributed by atoms with van der Waals surface area (Å²) in [4.78, 5) is 17.8. The molecule has 3 rings (SSSR count). The SMILES string of the molecule is CNc1nc(OC)nc(N2CCC3C(CCCN3C)C2)n1. The van der Waals surface area contributed by atoms with Crippen molar-refractivity contribution in [3.63, 3.8) is 0 Å². The number of anilines is 2. The summed E-state index contributed by atoms with van der Waals surface area (Å²) in [5.74, 6) is 1.98. The maximum absolute atomic E-state index is 5.17. The molecule has 2 aliphatic heterocycles. The fourth-order valence-electron chi connectivity index (χ4n) is 3.52. The van der Waals surface area contributed by atoms with Crippen molar-refractivity contribution in [3.05, 3.63) is 0 Å². The number of aromatic nitrogens is 3. The van der Waals surface area contributed by atoms with Gasteiger partial charge in [0.25, 0.3) is 0 Å². The van der Waals surface area contributed by atoms with Gasteiger partial charge in [-0.3, -0.25) is 0 Å². The molecule has 7 heteroatoms. The lowest BCUT2D eigenvalue weighted by atomic mass is 9.84. The Morgan fingerprint density at radius 2 is 2.05 bits per heavy atom. The Morgan fingerprint density at radius 3 is 2.81 bits per heavy atom. The van der Waals surface area contributed by atoms with Crippen LogP contribution in [0.1, 0.15) is 19.3 Å². The van der Waals surface area contributed by atoms with Gasteiger partial charge < -0.3 is 19.9 Å². The highest BCUT2D eigenvalue weighted by Gasteiger charge is 2.35. The molecule has 2 fully saturated rings. The molecule has 116 valence electrons. The lowest BCUT2D eigenvalue weighted by Gasteiger charge is -2.45. The number of rotatable bonds is 3. The minimum Gasteiger partial charge on any atom is -0.467 e. The van der Waals surface area contributed by atoms with Crippen molar-refractivity contribution in [3.8, 4) is 6.01 Å². The average Bonchev–Trinajstić information content (AvgIpc) is 2.54. The molecule has 1 aromatic rings. The monoisotopic (exact) mass is 292 g/mol. The maximum Gasteiger partial charge on any atom is 0.322 e. The Kier molecular flexibility index (Phi) is 4.10. The highest BCUT2D eigenvalue weighted by atomic mass is 16.5. The molecule has 0 amide bonds. The largest absolute Gasteiger partial charge is 0.467 e. The number of methoxy groups -OCH3 is 1. The predicted octanol–water partition coefficient (Wildman–Crippen LogP) is 0.842. The molecule has 0 aliphatic carbocycles. The van der Waals surface area contributed by atoms with Crippen LogP contribution >= 0.6 is 0 Å². The molecule has 1 N–H and O–H groups in total. The number of nitrogens with zero attached hydrogens (tertiary/aromatic N) is 5. The minimum atomic E-state index is 0.368. The van der Waals surface area contributed by atoms with Gasteiger partial charge in [-0.2, -0.15) is 15.0 Å². The second-order valence-electron chi connectivity index (χ2n) is 5.88. The Labute approximate surface area is 125 Å². The molecule has 0 saturated carbocycles. The number of ether oxygens (including phenoxy) is 1. The van der Waals surface area contributed by atoms with E-state index in [4.69, 9.17) is 4.74 Å². The number of hydrogen-bond donors (Lipinski definition) is 1. The van der Waals surface area contributed by atoms with Crippen LogP contribution in [0.15, 0.2) is 0 Å². The fraction of sp³-hybridized carbons (Fsp3) is 0.786. The van der Waals surface area contributed by atoms with Crippen LogP contribution in [0, 0.1) is 5.92 Å². The first kappa shape index (κ1) is 14.3. The third-order valence-electron chi connectivity index (χ3n) is 4.64. The van der Waals surface area contributed by atoms with Crippen LogP contribution in [0.2, 0.25) is 0 Å². The lowest BCUT2D eigenvalue weighted by molar-refractivity contribution is 0.102. The van der Waals surface area contributed by atoms with Crippen LogP contribution in [-0.4, -0.2) is 66.7 Å². The Bertz CT molecular complexity index is 474. The summed E-state index contributed by atoms with van der Waals surface area (Å²) in [5, 5.41) is 2.97. The number of likely N-dealkylation sites (tertiary alicyclic amines) is 1. The standard InChI is InChI=1S/C14H24N6O/c1-15-12-16-13(18-14(17-12)21-3)20-8-6-11-10(9-20)5-4-7-19(11)2/h10-11H,4-9H2,1-3H3,(H,15,16,17,18). The lowest BCUT2D eigenvalue weighted by Crippen LogP contribution is -2.53. The van der Waals surface area contributed by atoms with E-state index in [2.05, 4.69) is 37.1 Å². The van der Waals surface area contributed by atoms with Crippen molar-refractivity contribution >= 4 is 11.9 Å². The first-order valence-corrected chi connectivity index (χ1v) is 7.64. The van der Waals surface area contributed by atoms with Crippen molar-refractivity contribution in [1.82, 2.24) is 19.9 Å². The topological polar surface area (TPSA) is 66.4 Å². The molecule has 0 aromatic carbocycles. The number of fused-ring (bicyclic) bond motifs is 1. The summed E-state index contributed by atoms with van der Waals surface area (Å²) in [6.45, 7) is 3.23.